The highest BCUT2D eigenvalue weighted by atomic mass is 79.9. The summed E-state index contributed by atoms with van der Waals surface area (Å²) in [6.45, 7) is 2.47. The van der Waals surface area contributed by atoms with Crippen LogP contribution in [0.15, 0.2) is 33.5 Å². The molecule has 0 bridgehead atoms. The van der Waals surface area contributed by atoms with Gasteiger partial charge in [-0.2, -0.15) is 0 Å². The van der Waals surface area contributed by atoms with Gasteiger partial charge in [0, 0.05) is 48.2 Å². The van der Waals surface area contributed by atoms with Crippen molar-refractivity contribution in [1.82, 2.24) is 15.6 Å². The summed E-state index contributed by atoms with van der Waals surface area (Å²) in [5.74, 6) is -0.261. The van der Waals surface area contributed by atoms with Crippen molar-refractivity contribution in [3.63, 3.8) is 0 Å². The van der Waals surface area contributed by atoms with Crippen LogP contribution in [0.25, 0.3) is 10.9 Å². The van der Waals surface area contributed by atoms with Gasteiger partial charge in [0.1, 0.15) is 0 Å². The van der Waals surface area contributed by atoms with Gasteiger partial charge in [0.2, 0.25) is 5.56 Å². The Bertz CT molecular complexity index is 721. The van der Waals surface area contributed by atoms with Gasteiger partial charge >= 0.3 is 0 Å². The first-order chi connectivity index (χ1) is 10.6. The van der Waals surface area contributed by atoms with E-state index in [0.717, 1.165) is 11.0 Å². The van der Waals surface area contributed by atoms with Crippen LogP contribution < -0.4 is 16.2 Å². The first-order valence-electron chi connectivity index (χ1n) is 6.92. The van der Waals surface area contributed by atoms with Gasteiger partial charge < -0.3 is 20.4 Å². The zero-order valence-corrected chi connectivity index (χ0v) is 15.1. The number of rotatable bonds is 7. The predicted octanol–water partition coefficient (Wildman–Crippen LogP) is 1.68. The molecule has 2 aromatic rings. The Hall–Kier alpha value is -1.41. The molecule has 1 aromatic carbocycles. The Morgan fingerprint density at radius 3 is 2.78 bits per heavy atom. The second-order valence-corrected chi connectivity index (χ2v) is 5.65. The van der Waals surface area contributed by atoms with Gasteiger partial charge in [-0.3, -0.25) is 9.59 Å². The van der Waals surface area contributed by atoms with Crippen LogP contribution in [0.2, 0.25) is 0 Å². The monoisotopic (exact) mass is 403 g/mol. The van der Waals surface area contributed by atoms with Crippen molar-refractivity contribution in [2.24, 2.45) is 0 Å². The number of pyridine rings is 1. The summed E-state index contributed by atoms with van der Waals surface area (Å²) in [5, 5.41) is 6.65. The second kappa shape index (κ2) is 9.67. The minimum Gasteiger partial charge on any atom is -0.383 e. The largest absolute Gasteiger partial charge is 0.383 e. The lowest BCUT2D eigenvalue weighted by Crippen LogP contribution is -2.33. The maximum atomic E-state index is 12.3. The van der Waals surface area contributed by atoms with Crippen molar-refractivity contribution in [1.29, 1.82) is 0 Å². The van der Waals surface area contributed by atoms with Gasteiger partial charge in [-0.25, -0.2) is 0 Å². The molecule has 0 aliphatic rings. The average Bonchev–Trinajstić information content (AvgIpc) is 2.50. The first kappa shape index (κ1) is 19.6. The molecule has 0 atom stereocenters. The summed E-state index contributed by atoms with van der Waals surface area (Å²) in [6.07, 6.45) is 0. The molecule has 1 heterocycles. The van der Waals surface area contributed by atoms with Crippen LogP contribution in [0.5, 0.6) is 0 Å². The molecule has 0 saturated carbocycles. The van der Waals surface area contributed by atoms with Gasteiger partial charge in [0.25, 0.3) is 5.91 Å². The number of aromatic nitrogens is 1. The molecular formula is C15H19BrClN3O3. The number of hydrogen-bond acceptors (Lipinski definition) is 4. The Morgan fingerprint density at radius 1 is 1.26 bits per heavy atom. The molecule has 0 radical (unpaired) electrons. The Labute approximate surface area is 148 Å². The van der Waals surface area contributed by atoms with E-state index in [1.807, 2.05) is 12.1 Å². The van der Waals surface area contributed by atoms with Gasteiger partial charge in [0.05, 0.1) is 12.2 Å². The number of carbonyl (C=O) groups excluding carboxylic acids is 1. The fourth-order valence-corrected chi connectivity index (χ4v) is 2.43. The molecule has 1 amide bonds. The quantitative estimate of drug-likeness (QED) is 0.613. The zero-order chi connectivity index (χ0) is 15.9. The lowest BCUT2D eigenvalue weighted by molar-refractivity contribution is 0.0955. The third-order valence-electron chi connectivity index (χ3n) is 3.12. The number of nitrogens with one attached hydrogen (secondary N) is 3. The molecule has 1 aromatic heterocycles. The van der Waals surface area contributed by atoms with Gasteiger partial charge in [0.15, 0.2) is 0 Å². The van der Waals surface area contributed by atoms with Crippen molar-refractivity contribution in [3.8, 4) is 0 Å². The Morgan fingerprint density at radius 2 is 2.04 bits per heavy atom. The molecule has 2 rings (SSSR count). The number of benzene rings is 1. The Kier molecular flexibility index (Phi) is 8.25. The minimum absolute atomic E-state index is 0. The van der Waals surface area contributed by atoms with Crippen molar-refractivity contribution < 1.29 is 9.53 Å². The van der Waals surface area contributed by atoms with Crippen molar-refractivity contribution in [3.05, 3.63) is 44.7 Å². The first-order valence-corrected chi connectivity index (χ1v) is 7.71. The number of fused-ring (bicyclic) bond motifs is 1. The van der Waals surface area contributed by atoms with Crippen molar-refractivity contribution in [2.45, 2.75) is 0 Å². The lowest BCUT2D eigenvalue weighted by Gasteiger charge is -2.09. The molecular weight excluding hydrogens is 386 g/mol. The highest BCUT2D eigenvalue weighted by Gasteiger charge is 2.11. The van der Waals surface area contributed by atoms with Gasteiger partial charge in [-0.05, 0) is 18.2 Å². The fourth-order valence-electron chi connectivity index (χ4n) is 2.07. The van der Waals surface area contributed by atoms with Crippen LogP contribution in [-0.2, 0) is 4.74 Å². The molecule has 0 aliphatic carbocycles. The molecule has 0 aliphatic heterocycles. The minimum atomic E-state index is -0.293. The standard InChI is InChI=1S/C15H18BrN3O3.ClH/c1-22-7-6-17-4-5-18-15(21)12-9-14(20)19-13-3-2-10(16)8-11(12)13;/h2-3,8-9,17H,4-7H2,1H3,(H,18,21)(H,19,20);1H. The molecule has 126 valence electrons. The molecule has 0 saturated heterocycles. The number of aromatic amines is 1. The van der Waals surface area contributed by atoms with Crippen molar-refractivity contribution in [2.75, 3.05) is 33.4 Å². The number of amides is 1. The number of H-pyrrole nitrogens is 1. The molecule has 23 heavy (non-hydrogen) atoms. The number of carbonyl (C=O) groups is 1. The van der Waals surface area contributed by atoms with Crippen LogP contribution in [0.3, 0.4) is 0 Å². The van der Waals surface area contributed by atoms with Crippen molar-refractivity contribution >= 4 is 45.1 Å². The third-order valence-corrected chi connectivity index (χ3v) is 3.61. The van der Waals surface area contributed by atoms with Crippen LogP contribution in [0, 0.1) is 0 Å². The van der Waals surface area contributed by atoms with Crippen LogP contribution in [0.1, 0.15) is 10.4 Å². The normalized spacial score (nSPS) is 10.3. The summed E-state index contributed by atoms with van der Waals surface area (Å²) >= 11 is 3.38. The van der Waals surface area contributed by atoms with E-state index in [1.54, 1.807) is 13.2 Å². The number of hydrogen-bond donors (Lipinski definition) is 3. The topological polar surface area (TPSA) is 83.2 Å². The average molecular weight is 405 g/mol. The number of ether oxygens (including phenoxy) is 1. The highest BCUT2D eigenvalue weighted by molar-refractivity contribution is 9.10. The van der Waals surface area contributed by atoms with E-state index in [9.17, 15) is 9.59 Å². The molecule has 8 heteroatoms. The van der Waals surface area contributed by atoms with Crippen LogP contribution >= 0.6 is 28.3 Å². The number of methoxy groups -OCH3 is 1. The van der Waals surface area contributed by atoms with E-state index in [0.29, 0.717) is 36.2 Å². The molecule has 0 fully saturated rings. The second-order valence-electron chi connectivity index (χ2n) is 4.74. The summed E-state index contributed by atoms with van der Waals surface area (Å²) in [4.78, 5) is 26.7. The van der Waals surface area contributed by atoms with E-state index in [4.69, 9.17) is 4.74 Å². The predicted molar refractivity (Wildman–Crippen MR) is 96.6 cm³/mol. The van der Waals surface area contributed by atoms with E-state index in [-0.39, 0.29) is 23.9 Å². The summed E-state index contributed by atoms with van der Waals surface area (Å²) in [7, 11) is 1.64. The van der Waals surface area contributed by atoms with Gasteiger partial charge in [-0.15, -0.1) is 12.4 Å². The summed E-state index contributed by atoms with van der Waals surface area (Å²) < 4.78 is 5.77. The molecule has 0 unspecified atom stereocenters. The SMILES string of the molecule is COCCNCCNC(=O)c1cc(=O)[nH]c2ccc(Br)cc12.Cl. The smallest absolute Gasteiger partial charge is 0.252 e. The molecule has 0 spiro atoms. The zero-order valence-electron chi connectivity index (χ0n) is 12.6. The maximum Gasteiger partial charge on any atom is 0.252 e. The van der Waals surface area contributed by atoms with E-state index < -0.39 is 0 Å². The summed E-state index contributed by atoms with van der Waals surface area (Å²) in [5.41, 5.74) is 0.717. The van der Waals surface area contributed by atoms with E-state index in [1.165, 1.54) is 6.07 Å². The highest BCUT2D eigenvalue weighted by Crippen LogP contribution is 2.20. The van der Waals surface area contributed by atoms with Crippen LogP contribution in [-0.4, -0.2) is 44.2 Å². The van der Waals surface area contributed by atoms with Gasteiger partial charge in [-0.1, -0.05) is 15.9 Å². The maximum absolute atomic E-state index is 12.3. The third kappa shape index (κ3) is 5.62. The van der Waals surface area contributed by atoms with E-state index >= 15 is 0 Å². The van der Waals surface area contributed by atoms with Crippen LogP contribution in [0.4, 0.5) is 0 Å². The number of halogens is 2. The molecule has 3 N–H and O–H groups in total. The fraction of sp³-hybridized carbons (Fsp3) is 0.333. The molecule has 6 nitrogen and oxygen atoms in total. The van der Waals surface area contributed by atoms with E-state index in [2.05, 4.69) is 31.5 Å². The lowest BCUT2D eigenvalue weighted by atomic mass is 10.1. The summed E-state index contributed by atoms with van der Waals surface area (Å²) in [6, 6.07) is 6.73. The Balaban J connectivity index is 0.00000264.